The van der Waals surface area contributed by atoms with Crippen molar-refractivity contribution in [3.05, 3.63) is 0 Å². The van der Waals surface area contributed by atoms with E-state index in [0.29, 0.717) is 6.42 Å². The Kier molecular flexibility index (Phi) is 4.86. The minimum Gasteiger partial charge on any atom is -0.393 e. The molecule has 108 valence electrons. The Hall–Kier alpha value is -1.22. The van der Waals surface area contributed by atoms with Gasteiger partial charge in [-0.1, -0.05) is 19.1 Å². The second kappa shape index (κ2) is 5.83. The summed E-state index contributed by atoms with van der Waals surface area (Å²) < 4.78 is 38.3. The maximum absolute atomic E-state index is 12.8. The smallest absolute Gasteiger partial charge is 0.393 e. The molecule has 5 nitrogen and oxygen atoms in total. The first-order valence-electron chi connectivity index (χ1n) is 5.60. The molecule has 0 bridgehead atoms. The summed E-state index contributed by atoms with van der Waals surface area (Å²) in [5.41, 5.74) is 5.10. The zero-order valence-corrected chi connectivity index (χ0v) is 11.0. The molecular formula is C10H14F3N3O2S. The van der Waals surface area contributed by atoms with E-state index < -0.39 is 41.5 Å². The van der Waals surface area contributed by atoms with E-state index in [4.69, 9.17) is 5.73 Å². The Labute approximate surface area is 113 Å². The van der Waals surface area contributed by atoms with Crippen molar-refractivity contribution in [3.63, 3.8) is 0 Å². The molecule has 2 unspecified atom stereocenters. The van der Waals surface area contributed by atoms with Gasteiger partial charge < -0.3 is 5.73 Å². The zero-order valence-electron chi connectivity index (χ0n) is 10.2. The highest BCUT2D eigenvalue weighted by atomic mass is 32.1. The molecular weight excluding hydrogens is 283 g/mol. The first-order valence-corrected chi connectivity index (χ1v) is 6.01. The summed E-state index contributed by atoms with van der Waals surface area (Å²) in [5, 5.41) is 2.09. The zero-order chi connectivity index (χ0) is 14.8. The van der Waals surface area contributed by atoms with Crippen molar-refractivity contribution in [2.45, 2.75) is 25.6 Å². The molecule has 0 saturated carbocycles. The van der Waals surface area contributed by atoms with E-state index in [9.17, 15) is 22.8 Å². The van der Waals surface area contributed by atoms with Crippen LogP contribution in [0.25, 0.3) is 0 Å². The first kappa shape index (κ1) is 15.8. The number of hydrogen-bond donors (Lipinski definition) is 2. The Morgan fingerprint density at radius 1 is 1.58 bits per heavy atom. The topological polar surface area (TPSA) is 75.4 Å². The highest BCUT2D eigenvalue weighted by Gasteiger charge is 2.45. The van der Waals surface area contributed by atoms with Gasteiger partial charge in [0.1, 0.15) is 5.92 Å². The van der Waals surface area contributed by atoms with E-state index in [0.717, 1.165) is 0 Å². The molecule has 1 aliphatic heterocycles. The van der Waals surface area contributed by atoms with Crippen LogP contribution in [0.15, 0.2) is 0 Å². The fourth-order valence-corrected chi connectivity index (χ4v) is 2.15. The van der Waals surface area contributed by atoms with Crippen molar-refractivity contribution in [2.75, 3.05) is 13.1 Å². The minimum atomic E-state index is -4.60. The fourth-order valence-electron chi connectivity index (χ4n) is 1.95. The number of alkyl halides is 3. The van der Waals surface area contributed by atoms with Crippen molar-refractivity contribution in [1.82, 2.24) is 10.2 Å². The van der Waals surface area contributed by atoms with Crippen LogP contribution in [0.2, 0.25) is 0 Å². The van der Waals surface area contributed by atoms with Gasteiger partial charge in [-0.05, 0) is 6.42 Å². The number of amides is 2. The van der Waals surface area contributed by atoms with Crippen LogP contribution in [-0.4, -0.2) is 47.0 Å². The van der Waals surface area contributed by atoms with Gasteiger partial charge in [0.05, 0.1) is 17.6 Å². The van der Waals surface area contributed by atoms with Crippen molar-refractivity contribution in [2.24, 2.45) is 11.7 Å². The molecule has 1 heterocycles. The third-order valence-electron chi connectivity index (χ3n) is 2.90. The Morgan fingerprint density at radius 3 is 2.58 bits per heavy atom. The maximum atomic E-state index is 12.8. The maximum Gasteiger partial charge on any atom is 0.399 e. The van der Waals surface area contributed by atoms with Crippen LogP contribution >= 0.6 is 12.2 Å². The van der Waals surface area contributed by atoms with Crippen LogP contribution in [0.1, 0.15) is 13.3 Å². The Balaban J connectivity index is 2.90. The van der Waals surface area contributed by atoms with Crippen molar-refractivity contribution in [3.8, 4) is 0 Å². The predicted molar refractivity (Wildman–Crippen MR) is 65.1 cm³/mol. The standard InChI is InChI=1S/C10H14F3N3O2S/c1-2-6-9(18)15-7(17)4-16(6)3-5(8(14)19)10(11,12)13/h5-6H,2-4H2,1H3,(H2,14,19)(H,15,17,18). The number of piperazine rings is 1. The minimum absolute atomic E-state index is 0.278. The molecule has 1 fully saturated rings. The predicted octanol–water partition coefficient (Wildman–Crippen LogP) is 0.188. The van der Waals surface area contributed by atoms with Crippen LogP contribution in [0.4, 0.5) is 13.2 Å². The molecule has 0 aromatic heterocycles. The molecule has 1 saturated heterocycles. The quantitative estimate of drug-likeness (QED) is 0.572. The molecule has 19 heavy (non-hydrogen) atoms. The number of halogens is 3. The van der Waals surface area contributed by atoms with Crippen LogP contribution in [0, 0.1) is 5.92 Å². The van der Waals surface area contributed by atoms with Crippen molar-refractivity contribution >= 4 is 29.0 Å². The van der Waals surface area contributed by atoms with E-state index in [1.807, 2.05) is 0 Å². The number of rotatable bonds is 4. The number of nitrogens with two attached hydrogens (primary N) is 1. The number of carbonyl (C=O) groups excluding carboxylic acids is 2. The summed E-state index contributed by atoms with van der Waals surface area (Å²) in [5.74, 6) is -3.25. The molecule has 3 N–H and O–H groups in total. The number of hydrogen-bond acceptors (Lipinski definition) is 4. The summed E-state index contributed by atoms with van der Waals surface area (Å²) in [6.45, 7) is 0.784. The second-order valence-electron chi connectivity index (χ2n) is 4.26. The second-order valence-corrected chi connectivity index (χ2v) is 4.73. The highest BCUT2D eigenvalue weighted by molar-refractivity contribution is 7.80. The average molecular weight is 297 g/mol. The molecule has 2 amide bonds. The molecule has 9 heteroatoms. The number of nitrogens with one attached hydrogen (secondary N) is 1. The van der Waals surface area contributed by atoms with E-state index in [1.54, 1.807) is 6.92 Å². The van der Waals surface area contributed by atoms with Gasteiger partial charge in [-0.15, -0.1) is 0 Å². The van der Waals surface area contributed by atoms with Gasteiger partial charge >= 0.3 is 6.18 Å². The van der Waals surface area contributed by atoms with E-state index in [2.05, 4.69) is 17.5 Å². The van der Waals surface area contributed by atoms with Gasteiger partial charge in [0, 0.05) is 6.54 Å². The van der Waals surface area contributed by atoms with Gasteiger partial charge in [-0.2, -0.15) is 13.2 Å². The summed E-state index contributed by atoms with van der Waals surface area (Å²) in [6.07, 6.45) is -4.30. The van der Waals surface area contributed by atoms with E-state index in [-0.39, 0.29) is 6.54 Å². The van der Waals surface area contributed by atoms with Gasteiger partial charge in [0.2, 0.25) is 11.8 Å². The van der Waals surface area contributed by atoms with Crippen molar-refractivity contribution in [1.29, 1.82) is 0 Å². The van der Waals surface area contributed by atoms with Crippen molar-refractivity contribution < 1.29 is 22.8 Å². The summed E-state index contributed by atoms with van der Waals surface area (Å²) in [7, 11) is 0. The molecule has 0 aromatic carbocycles. The first-order chi connectivity index (χ1) is 8.66. The molecule has 1 aliphatic rings. The third-order valence-corrected chi connectivity index (χ3v) is 3.18. The molecule has 0 radical (unpaired) electrons. The third kappa shape index (κ3) is 3.87. The lowest BCUT2D eigenvalue weighted by molar-refractivity contribution is -0.165. The molecule has 2 atom stereocenters. The monoisotopic (exact) mass is 297 g/mol. The SMILES string of the molecule is CCC1C(=O)NC(=O)CN1CC(C(N)=S)C(F)(F)F. The number of imide groups is 1. The van der Waals surface area contributed by atoms with Gasteiger partial charge in [0.25, 0.3) is 0 Å². The molecule has 0 aromatic rings. The summed E-state index contributed by atoms with van der Waals surface area (Å²) >= 11 is 4.41. The van der Waals surface area contributed by atoms with Crippen LogP contribution < -0.4 is 11.1 Å². The Morgan fingerprint density at radius 2 is 2.16 bits per heavy atom. The van der Waals surface area contributed by atoms with Gasteiger partial charge in [0.15, 0.2) is 0 Å². The van der Waals surface area contributed by atoms with Crippen LogP contribution in [-0.2, 0) is 9.59 Å². The lowest BCUT2D eigenvalue weighted by Crippen LogP contribution is -2.60. The van der Waals surface area contributed by atoms with Crippen LogP contribution in [0.3, 0.4) is 0 Å². The normalized spacial score (nSPS) is 23.1. The van der Waals surface area contributed by atoms with Gasteiger partial charge in [-0.3, -0.25) is 19.8 Å². The lowest BCUT2D eigenvalue weighted by atomic mass is 10.0. The average Bonchev–Trinajstić information content (AvgIpc) is 2.23. The summed E-state index contributed by atoms with van der Waals surface area (Å²) in [6, 6.07) is -0.781. The largest absolute Gasteiger partial charge is 0.399 e. The molecule has 0 aliphatic carbocycles. The lowest BCUT2D eigenvalue weighted by Gasteiger charge is -2.35. The van der Waals surface area contributed by atoms with Crippen LogP contribution in [0.5, 0.6) is 0 Å². The van der Waals surface area contributed by atoms with E-state index >= 15 is 0 Å². The number of carbonyl (C=O) groups is 2. The molecule has 0 spiro atoms. The Bertz CT molecular complexity index is 400. The summed E-state index contributed by atoms with van der Waals surface area (Å²) in [4.78, 5) is 23.2. The number of nitrogens with zero attached hydrogens (tertiary/aromatic N) is 1. The fraction of sp³-hybridized carbons (Fsp3) is 0.700. The van der Waals surface area contributed by atoms with Gasteiger partial charge in [-0.25, -0.2) is 0 Å². The highest BCUT2D eigenvalue weighted by Crippen LogP contribution is 2.28. The molecule has 1 rings (SSSR count). The van der Waals surface area contributed by atoms with E-state index in [1.165, 1.54) is 4.90 Å². The number of thiocarbonyl (C=S) groups is 1.